The summed E-state index contributed by atoms with van der Waals surface area (Å²) in [5, 5.41) is 21.4. The second-order valence-corrected chi connectivity index (χ2v) is 9.32. The first-order valence-electron chi connectivity index (χ1n) is 12.2. The van der Waals surface area contributed by atoms with Crippen molar-refractivity contribution >= 4 is 29.5 Å². The van der Waals surface area contributed by atoms with Crippen molar-refractivity contribution in [1.29, 1.82) is 0 Å². The number of carbonyl (C=O) groups excluding carboxylic acids is 1. The van der Waals surface area contributed by atoms with Gasteiger partial charge in [-0.2, -0.15) is 0 Å². The molecule has 0 radical (unpaired) electrons. The standard InChI is InChI=1S/C28H25ClN2O4.CH2O3/c1-17(24-5-3-4-6-25(24)29)33-28(32)30-26-18(2)35-31-27(26)21-11-15-23(16-12-21)34-22-13-9-20(10-14-22)19-7-8-19;2-1(3)4/h3-6,9-17,19H,7-8H2,1-2H3,(H,30,32);(H2,2,3,4)/t17-;/m1./s1. The summed E-state index contributed by atoms with van der Waals surface area (Å²) in [6.07, 6.45) is -0.433. The van der Waals surface area contributed by atoms with E-state index in [-0.39, 0.29) is 0 Å². The molecule has 39 heavy (non-hydrogen) atoms. The number of carbonyl (C=O) groups is 2. The van der Waals surface area contributed by atoms with E-state index in [1.54, 1.807) is 19.9 Å². The number of nitrogens with one attached hydrogen (secondary N) is 1. The summed E-state index contributed by atoms with van der Waals surface area (Å²) >= 11 is 6.21. The maximum absolute atomic E-state index is 12.6. The largest absolute Gasteiger partial charge is 0.503 e. The Kier molecular flexibility index (Phi) is 8.73. The molecule has 0 bridgehead atoms. The SMILES string of the molecule is Cc1onc(-c2ccc(Oc3ccc(C4CC4)cc3)cc2)c1NC(=O)O[C@H](C)c1ccccc1Cl.O=C(O)O. The third-order valence-electron chi connectivity index (χ3n) is 6.01. The number of halogens is 1. The van der Waals surface area contributed by atoms with Crippen molar-refractivity contribution in [2.24, 2.45) is 0 Å². The van der Waals surface area contributed by atoms with Crippen LogP contribution in [-0.4, -0.2) is 27.6 Å². The molecule has 1 amide bonds. The number of carboxylic acid groups (broad SMARTS) is 2. The number of aromatic nitrogens is 1. The third kappa shape index (κ3) is 7.52. The molecule has 1 aromatic heterocycles. The summed E-state index contributed by atoms with van der Waals surface area (Å²) in [5.41, 5.74) is 3.82. The van der Waals surface area contributed by atoms with Crippen molar-refractivity contribution in [1.82, 2.24) is 5.16 Å². The zero-order valence-corrected chi connectivity index (χ0v) is 22.0. The first kappa shape index (κ1) is 27.5. The molecule has 1 aliphatic carbocycles. The number of amides is 1. The van der Waals surface area contributed by atoms with Gasteiger partial charge < -0.3 is 24.2 Å². The van der Waals surface area contributed by atoms with E-state index in [0.29, 0.717) is 33.8 Å². The average molecular weight is 551 g/mol. The molecule has 202 valence electrons. The molecule has 5 rings (SSSR count). The highest BCUT2D eigenvalue weighted by Crippen LogP contribution is 2.40. The van der Waals surface area contributed by atoms with Crippen molar-refractivity contribution in [3.63, 3.8) is 0 Å². The number of nitrogens with zero attached hydrogens (tertiary/aromatic N) is 1. The van der Waals surface area contributed by atoms with Crippen molar-refractivity contribution in [3.05, 3.63) is 94.7 Å². The summed E-state index contributed by atoms with van der Waals surface area (Å²) in [6, 6.07) is 23.0. The van der Waals surface area contributed by atoms with Gasteiger partial charge in [0.05, 0.1) is 0 Å². The molecule has 3 aromatic carbocycles. The van der Waals surface area contributed by atoms with Crippen LogP contribution >= 0.6 is 11.6 Å². The first-order valence-corrected chi connectivity index (χ1v) is 12.6. The van der Waals surface area contributed by atoms with E-state index in [4.69, 9.17) is 40.6 Å². The molecule has 1 atom stereocenters. The molecule has 1 heterocycles. The lowest BCUT2D eigenvalue weighted by molar-refractivity contribution is 0.121. The smallest absolute Gasteiger partial charge is 0.457 e. The van der Waals surface area contributed by atoms with E-state index in [2.05, 4.69) is 22.6 Å². The number of benzene rings is 3. The lowest BCUT2D eigenvalue weighted by Crippen LogP contribution is -2.17. The topological polar surface area (TPSA) is 131 Å². The molecule has 3 N–H and O–H groups in total. The van der Waals surface area contributed by atoms with Gasteiger partial charge in [-0.15, -0.1) is 0 Å². The highest BCUT2D eigenvalue weighted by atomic mass is 35.5. The summed E-state index contributed by atoms with van der Waals surface area (Å²) in [7, 11) is 0. The van der Waals surface area contributed by atoms with Gasteiger partial charge in [-0.05, 0) is 80.6 Å². The Hall–Kier alpha value is -4.50. The number of hydrogen-bond acceptors (Lipinski definition) is 6. The van der Waals surface area contributed by atoms with Crippen LogP contribution in [0.5, 0.6) is 11.5 Å². The van der Waals surface area contributed by atoms with E-state index in [9.17, 15) is 4.79 Å². The second kappa shape index (κ2) is 12.4. The normalized spacial score (nSPS) is 13.0. The summed E-state index contributed by atoms with van der Waals surface area (Å²) < 4.78 is 16.8. The van der Waals surface area contributed by atoms with Crippen LogP contribution in [0.15, 0.2) is 77.3 Å². The summed E-state index contributed by atoms with van der Waals surface area (Å²) in [6.45, 7) is 3.49. The van der Waals surface area contributed by atoms with Crippen LogP contribution in [-0.2, 0) is 4.74 Å². The van der Waals surface area contributed by atoms with Gasteiger partial charge in [-0.1, -0.05) is 47.1 Å². The average Bonchev–Trinajstić information content (AvgIpc) is 3.69. The van der Waals surface area contributed by atoms with Crippen LogP contribution in [0.25, 0.3) is 11.3 Å². The lowest BCUT2D eigenvalue weighted by Gasteiger charge is -2.15. The van der Waals surface area contributed by atoms with Gasteiger partial charge in [-0.25, -0.2) is 9.59 Å². The van der Waals surface area contributed by atoms with Gasteiger partial charge in [0, 0.05) is 16.1 Å². The van der Waals surface area contributed by atoms with Crippen LogP contribution in [0.2, 0.25) is 5.02 Å². The Morgan fingerprint density at radius 1 is 1.00 bits per heavy atom. The molecule has 0 unspecified atom stereocenters. The minimum Gasteiger partial charge on any atom is -0.457 e. The molecule has 0 aliphatic heterocycles. The van der Waals surface area contributed by atoms with Crippen LogP contribution in [0.1, 0.15) is 48.7 Å². The Balaban J connectivity index is 0.000000826. The number of hydrogen-bond donors (Lipinski definition) is 3. The number of rotatable bonds is 7. The minimum atomic E-state index is -1.83. The van der Waals surface area contributed by atoms with Crippen molar-refractivity contribution < 1.29 is 33.8 Å². The van der Waals surface area contributed by atoms with Crippen molar-refractivity contribution in [2.75, 3.05) is 5.32 Å². The molecule has 10 heteroatoms. The van der Waals surface area contributed by atoms with Crippen LogP contribution in [0.4, 0.5) is 15.3 Å². The predicted molar refractivity (Wildman–Crippen MR) is 146 cm³/mol. The molecular formula is C29H27ClN2O7. The zero-order chi connectivity index (χ0) is 27.9. The van der Waals surface area contributed by atoms with Gasteiger partial charge in [0.1, 0.15) is 29.0 Å². The molecule has 4 aromatic rings. The summed E-state index contributed by atoms with van der Waals surface area (Å²) in [4.78, 5) is 21.2. The molecule has 1 fully saturated rings. The van der Waals surface area contributed by atoms with Crippen LogP contribution < -0.4 is 10.1 Å². The Labute approximate surface area is 229 Å². The molecule has 0 saturated heterocycles. The van der Waals surface area contributed by atoms with Crippen LogP contribution in [0.3, 0.4) is 0 Å². The highest BCUT2D eigenvalue weighted by Gasteiger charge is 2.23. The van der Waals surface area contributed by atoms with E-state index in [1.165, 1.54) is 18.4 Å². The zero-order valence-electron chi connectivity index (χ0n) is 21.3. The quantitative estimate of drug-likeness (QED) is 0.208. The fraction of sp³-hybridized carbons (Fsp3) is 0.207. The molecular weight excluding hydrogens is 524 g/mol. The molecule has 1 aliphatic rings. The van der Waals surface area contributed by atoms with Crippen molar-refractivity contribution in [3.8, 4) is 22.8 Å². The third-order valence-corrected chi connectivity index (χ3v) is 6.35. The minimum absolute atomic E-state index is 0.450. The molecule has 1 saturated carbocycles. The van der Waals surface area contributed by atoms with E-state index >= 15 is 0 Å². The number of anilines is 1. The lowest BCUT2D eigenvalue weighted by atomic mass is 10.1. The van der Waals surface area contributed by atoms with E-state index in [0.717, 1.165) is 16.9 Å². The second-order valence-electron chi connectivity index (χ2n) is 8.91. The predicted octanol–water partition coefficient (Wildman–Crippen LogP) is 8.51. The van der Waals surface area contributed by atoms with Crippen molar-refractivity contribution in [2.45, 2.75) is 38.7 Å². The van der Waals surface area contributed by atoms with Gasteiger partial charge in [0.25, 0.3) is 0 Å². The fourth-order valence-electron chi connectivity index (χ4n) is 3.92. The monoisotopic (exact) mass is 550 g/mol. The maximum Gasteiger partial charge on any atom is 0.503 e. The van der Waals surface area contributed by atoms with Crippen LogP contribution in [0, 0.1) is 6.92 Å². The number of aryl methyl sites for hydroxylation is 1. The van der Waals surface area contributed by atoms with E-state index in [1.807, 2.05) is 54.6 Å². The number of ether oxygens (including phenoxy) is 2. The van der Waals surface area contributed by atoms with Gasteiger partial charge in [0.15, 0.2) is 5.76 Å². The Morgan fingerprint density at radius 2 is 1.59 bits per heavy atom. The Bertz CT molecular complexity index is 1430. The van der Waals surface area contributed by atoms with E-state index < -0.39 is 18.4 Å². The van der Waals surface area contributed by atoms with Gasteiger partial charge >= 0.3 is 12.2 Å². The fourth-order valence-corrected chi connectivity index (χ4v) is 4.21. The van der Waals surface area contributed by atoms with Gasteiger partial charge in [0.2, 0.25) is 0 Å². The highest BCUT2D eigenvalue weighted by molar-refractivity contribution is 6.31. The first-order chi connectivity index (χ1) is 18.7. The Morgan fingerprint density at radius 3 is 2.18 bits per heavy atom. The molecule has 0 spiro atoms. The maximum atomic E-state index is 12.6. The summed E-state index contributed by atoms with van der Waals surface area (Å²) in [5.74, 6) is 2.68. The van der Waals surface area contributed by atoms with Gasteiger partial charge in [-0.3, -0.25) is 5.32 Å². The molecule has 9 nitrogen and oxygen atoms in total.